The first-order valence-electron chi connectivity index (χ1n) is 6.43. The van der Waals surface area contributed by atoms with Gasteiger partial charge in [0.1, 0.15) is 5.76 Å². The number of anilines is 1. The highest BCUT2D eigenvalue weighted by atomic mass is 79.9. The molecule has 0 amide bonds. The summed E-state index contributed by atoms with van der Waals surface area (Å²) in [6.07, 6.45) is 0.0807. The van der Waals surface area contributed by atoms with Crippen LogP contribution in [0.15, 0.2) is 43.9 Å². The fourth-order valence-corrected chi connectivity index (χ4v) is 2.75. The van der Waals surface area contributed by atoms with Crippen molar-refractivity contribution in [2.24, 2.45) is 0 Å². The predicted octanol–water partition coefficient (Wildman–Crippen LogP) is 4.59. The first-order chi connectivity index (χ1) is 9.97. The van der Waals surface area contributed by atoms with Crippen LogP contribution in [0.1, 0.15) is 17.7 Å². The van der Waals surface area contributed by atoms with Crippen molar-refractivity contribution in [1.29, 1.82) is 0 Å². The number of carbonyl (C=O) groups is 1. The molecule has 4 nitrogen and oxygen atoms in total. The normalized spacial score (nSPS) is 10.6. The summed E-state index contributed by atoms with van der Waals surface area (Å²) in [5, 5.41) is 8.93. The number of aryl methyl sites for hydroxylation is 1. The van der Waals surface area contributed by atoms with Crippen LogP contribution < -0.4 is 4.90 Å². The smallest absolute Gasteiger partial charge is 0.305 e. The zero-order valence-electron chi connectivity index (χ0n) is 11.5. The van der Waals surface area contributed by atoms with E-state index in [1.807, 2.05) is 42.2 Å². The standard InChI is InChI=1S/C15H15Br2NO3/c1-10-4-2-3-5-13(10)18(7-6-14(19)20)9-11-8-12(16)15(17)21-11/h2-5,8H,6-7,9H2,1H3,(H,19,20). The highest BCUT2D eigenvalue weighted by Gasteiger charge is 2.15. The number of hydrogen-bond donors (Lipinski definition) is 1. The second kappa shape index (κ2) is 7.13. The fraction of sp³-hybridized carbons (Fsp3) is 0.267. The van der Waals surface area contributed by atoms with E-state index >= 15 is 0 Å². The van der Waals surface area contributed by atoms with E-state index in [-0.39, 0.29) is 6.42 Å². The summed E-state index contributed by atoms with van der Waals surface area (Å²) in [5.41, 5.74) is 2.12. The summed E-state index contributed by atoms with van der Waals surface area (Å²) in [6.45, 7) is 2.95. The van der Waals surface area contributed by atoms with Gasteiger partial charge in [-0.05, 0) is 56.5 Å². The minimum atomic E-state index is -0.810. The molecule has 2 aromatic rings. The summed E-state index contributed by atoms with van der Waals surface area (Å²) < 4.78 is 7.08. The second-order valence-electron chi connectivity index (χ2n) is 4.69. The van der Waals surface area contributed by atoms with Gasteiger partial charge in [0.05, 0.1) is 17.4 Å². The van der Waals surface area contributed by atoms with Crippen LogP contribution in [0.2, 0.25) is 0 Å². The summed E-state index contributed by atoms with van der Waals surface area (Å²) in [4.78, 5) is 12.9. The molecule has 0 saturated carbocycles. The van der Waals surface area contributed by atoms with Gasteiger partial charge in [-0.15, -0.1) is 0 Å². The number of hydrogen-bond acceptors (Lipinski definition) is 3. The topological polar surface area (TPSA) is 53.7 Å². The first kappa shape index (κ1) is 16.1. The first-order valence-corrected chi connectivity index (χ1v) is 8.02. The summed E-state index contributed by atoms with van der Waals surface area (Å²) >= 11 is 6.70. The van der Waals surface area contributed by atoms with Crippen LogP contribution in [-0.2, 0) is 11.3 Å². The molecule has 0 saturated heterocycles. The van der Waals surface area contributed by atoms with E-state index in [0.717, 1.165) is 21.5 Å². The van der Waals surface area contributed by atoms with Crippen molar-refractivity contribution < 1.29 is 14.3 Å². The van der Waals surface area contributed by atoms with Crippen molar-refractivity contribution in [2.45, 2.75) is 19.9 Å². The Bertz CT molecular complexity index is 620. The van der Waals surface area contributed by atoms with E-state index in [9.17, 15) is 4.79 Å². The number of halogens is 2. The lowest BCUT2D eigenvalue weighted by atomic mass is 10.1. The predicted molar refractivity (Wildman–Crippen MR) is 88.6 cm³/mol. The van der Waals surface area contributed by atoms with Crippen LogP contribution >= 0.6 is 31.9 Å². The zero-order chi connectivity index (χ0) is 15.4. The number of furan rings is 1. The number of carboxylic acid groups (broad SMARTS) is 1. The second-order valence-corrected chi connectivity index (χ2v) is 6.26. The lowest BCUT2D eigenvalue weighted by Gasteiger charge is -2.24. The van der Waals surface area contributed by atoms with Crippen molar-refractivity contribution in [3.63, 3.8) is 0 Å². The van der Waals surface area contributed by atoms with Gasteiger partial charge < -0.3 is 14.4 Å². The third kappa shape index (κ3) is 4.35. The number of carboxylic acids is 1. The van der Waals surface area contributed by atoms with E-state index in [2.05, 4.69) is 31.9 Å². The molecule has 0 atom stereocenters. The van der Waals surface area contributed by atoms with Gasteiger partial charge in [-0.25, -0.2) is 0 Å². The number of rotatable bonds is 6. The van der Waals surface area contributed by atoms with Gasteiger partial charge in [-0.1, -0.05) is 18.2 Å². The van der Waals surface area contributed by atoms with Gasteiger partial charge in [0.15, 0.2) is 4.67 Å². The minimum absolute atomic E-state index is 0.0807. The number of aliphatic carboxylic acids is 1. The monoisotopic (exact) mass is 415 g/mol. The lowest BCUT2D eigenvalue weighted by Crippen LogP contribution is -2.26. The summed E-state index contributed by atoms with van der Waals surface area (Å²) in [6, 6.07) is 9.80. The Morgan fingerprint density at radius 3 is 2.62 bits per heavy atom. The van der Waals surface area contributed by atoms with Crippen molar-refractivity contribution in [2.75, 3.05) is 11.4 Å². The van der Waals surface area contributed by atoms with E-state index < -0.39 is 5.97 Å². The van der Waals surface area contributed by atoms with Crippen LogP contribution in [0, 0.1) is 6.92 Å². The quantitative estimate of drug-likeness (QED) is 0.747. The van der Waals surface area contributed by atoms with E-state index in [1.165, 1.54) is 0 Å². The molecule has 0 unspecified atom stereocenters. The Labute approximate surface area is 140 Å². The largest absolute Gasteiger partial charge is 0.481 e. The molecule has 0 fully saturated rings. The number of nitrogens with zero attached hydrogens (tertiary/aromatic N) is 1. The number of benzene rings is 1. The SMILES string of the molecule is Cc1ccccc1N(CCC(=O)O)Cc1cc(Br)c(Br)o1. The van der Waals surface area contributed by atoms with E-state index in [0.29, 0.717) is 17.8 Å². The average molecular weight is 417 g/mol. The van der Waals surface area contributed by atoms with Gasteiger partial charge in [0.25, 0.3) is 0 Å². The molecule has 6 heteroatoms. The van der Waals surface area contributed by atoms with Crippen LogP contribution in [0.5, 0.6) is 0 Å². The Hall–Kier alpha value is -1.27. The molecule has 112 valence electrons. The maximum atomic E-state index is 10.9. The third-order valence-corrected chi connectivity index (χ3v) is 4.80. The Kier molecular flexibility index (Phi) is 5.47. The molecular formula is C15H15Br2NO3. The van der Waals surface area contributed by atoms with E-state index in [4.69, 9.17) is 9.52 Å². The van der Waals surface area contributed by atoms with Crippen LogP contribution in [-0.4, -0.2) is 17.6 Å². The van der Waals surface area contributed by atoms with Gasteiger partial charge in [0, 0.05) is 12.2 Å². The Morgan fingerprint density at radius 1 is 1.33 bits per heavy atom. The van der Waals surface area contributed by atoms with Gasteiger partial charge in [-0.3, -0.25) is 4.79 Å². The molecule has 1 heterocycles. The molecule has 0 spiro atoms. The molecule has 1 aromatic heterocycles. The Morgan fingerprint density at radius 2 is 2.05 bits per heavy atom. The summed E-state index contributed by atoms with van der Waals surface area (Å²) in [7, 11) is 0. The van der Waals surface area contributed by atoms with Gasteiger partial charge in [0.2, 0.25) is 0 Å². The van der Waals surface area contributed by atoms with Crippen LogP contribution in [0.3, 0.4) is 0 Å². The highest BCUT2D eigenvalue weighted by molar-refractivity contribution is 9.13. The summed E-state index contributed by atoms with van der Waals surface area (Å²) in [5.74, 6) is -0.0437. The van der Waals surface area contributed by atoms with Gasteiger partial charge in [-0.2, -0.15) is 0 Å². The van der Waals surface area contributed by atoms with Crippen molar-refractivity contribution in [3.8, 4) is 0 Å². The zero-order valence-corrected chi connectivity index (χ0v) is 14.6. The molecule has 2 rings (SSSR count). The highest BCUT2D eigenvalue weighted by Crippen LogP contribution is 2.29. The van der Waals surface area contributed by atoms with Crippen molar-refractivity contribution in [1.82, 2.24) is 0 Å². The number of para-hydroxylation sites is 1. The molecule has 0 aliphatic rings. The maximum absolute atomic E-state index is 10.9. The molecule has 0 bridgehead atoms. The maximum Gasteiger partial charge on any atom is 0.305 e. The van der Waals surface area contributed by atoms with Gasteiger partial charge >= 0.3 is 5.97 Å². The minimum Gasteiger partial charge on any atom is -0.481 e. The molecule has 1 aromatic carbocycles. The molecule has 0 aliphatic carbocycles. The van der Waals surface area contributed by atoms with Crippen molar-refractivity contribution >= 4 is 43.5 Å². The average Bonchev–Trinajstić information content (AvgIpc) is 2.74. The Balaban J connectivity index is 2.23. The third-order valence-electron chi connectivity index (χ3n) is 3.09. The molecule has 0 aliphatic heterocycles. The van der Waals surface area contributed by atoms with Crippen molar-refractivity contribution in [3.05, 3.63) is 50.8 Å². The van der Waals surface area contributed by atoms with Crippen LogP contribution in [0.25, 0.3) is 0 Å². The van der Waals surface area contributed by atoms with E-state index in [1.54, 1.807) is 0 Å². The molecule has 1 N–H and O–H groups in total. The molecular weight excluding hydrogens is 402 g/mol. The molecule has 0 radical (unpaired) electrons. The lowest BCUT2D eigenvalue weighted by molar-refractivity contribution is -0.136. The van der Waals surface area contributed by atoms with Crippen LogP contribution in [0.4, 0.5) is 5.69 Å². The molecule has 21 heavy (non-hydrogen) atoms. The fourth-order valence-electron chi connectivity index (χ4n) is 2.09.